The average molecular weight is 396 g/mol. The minimum Gasteiger partial charge on any atom is -0.379 e. The summed E-state index contributed by atoms with van der Waals surface area (Å²) in [5, 5.41) is 3.31. The molecule has 2 aliphatic rings. The van der Waals surface area contributed by atoms with Crippen LogP contribution in [0.3, 0.4) is 0 Å². The topological polar surface area (TPSA) is 70.6 Å². The molecule has 2 aromatic rings. The summed E-state index contributed by atoms with van der Waals surface area (Å²) >= 11 is 0. The molecule has 0 spiro atoms. The monoisotopic (exact) mass is 395 g/mol. The standard InChI is InChI=1S/C22H29N5O2/c1-26(2)18-5-3-16(4-6-18)17-13-20-19(21(28)14-17)15-24-22(25-20)23-7-8-27-9-11-29-12-10-27/h3-6,15,17H,7-14H2,1-2H3,(H,23,24,25)/t17-/m1/s1. The molecule has 1 atom stereocenters. The van der Waals surface area contributed by atoms with E-state index in [0.717, 1.165) is 57.2 Å². The van der Waals surface area contributed by atoms with Crippen LogP contribution in [0.2, 0.25) is 0 Å². The van der Waals surface area contributed by atoms with E-state index in [-0.39, 0.29) is 11.7 Å². The van der Waals surface area contributed by atoms with Crippen molar-refractivity contribution in [1.29, 1.82) is 0 Å². The molecule has 29 heavy (non-hydrogen) atoms. The predicted molar refractivity (Wildman–Crippen MR) is 114 cm³/mol. The molecule has 1 saturated heterocycles. The molecule has 0 bridgehead atoms. The van der Waals surface area contributed by atoms with Crippen LogP contribution in [0.1, 0.15) is 34.0 Å². The molecule has 1 aliphatic heterocycles. The van der Waals surface area contributed by atoms with E-state index in [1.165, 1.54) is 5.56 Å². The largest absolute Gasteiger partial charge is 0.379 e. The van der Waals surface area contributed by atoms with Gasteiger partial charge in [-0.1, -0.05) is 12.1 Å². The van der Waals surface area contributed by atoms with Gasteiger partial charge in [-0.15, -0.1) is 0 Å². The normalized spacial score (nSPS) is 19.7. The molecule has 1 fully saturated rings. The lowest BCUT2D eigenvalue weighted by Gasteiger charge is -2.26. The summed E-state index contributed by atoms with van der Waals surface area (Å²) in [4.78, 5) is 26.1. The van der Waals surface area contributed by atoms with E-state index < -0.39 is 0 Å². The fourth-order valence-corrected chi connectivity index (χ4v) is 3.96. The fraction of sp³-hybridized carbons (Fsp3) is 0.500. The second kappa shape index (κ2) is 8.88. The number of nitrogens with one attached hydrogen (secondary N) is 1. The molecule has 2 heterocycles. The number of anilines is 2. The van der Waals surface area contributed by atoms with E-state index in [4.69, 9.17) is 4.74 Å². The molecule has 0 unspecified atom stereocenters. The van der Waals surface area contributed by atoms with Crippen molar-refractivity contribution < 1.29 is 9.53 Å². The molecular formula is C22H29N5O2. The Morgan fingerprint density at radius 1 is 1.17 bits per heavy atom. The first-order valence-electron chi connectivity index (χ1n) is 10.3. The molecule has 7 heteroatoms. The first kappa shape index (κ1) is 19.8. The van der Waals surface area contributed by atoms with Crippen LogP contribution in [-0.2, 0) is 11.2 Å². The maximum absolute atomic E-state index is 12.6. The first-order chi connectivity index (χ1) is 14.1. The number of ketones is 1. The second-order valence-corrected chi connectivity index (χ2v) is 7.95. The van der Waals surface area contributed by atoms with Crippen molar-refractivity contribution in [3.8, 4) is 0 Å². The van der Waals surface area contributed by atoms with Gasteiger partial charge in [0.2, 0.25) is 5.95 Å². The number of carbonyl (C=O) groups is 1. The summed E-state index contributed by atoms with van der Waals surface area (Å²) in [5.41, 5.74) is 3.87. The molecule has 154 valence electrons. The van der Waals surface area contributed by atoms with Crippen molar-refractivity contribution >= 4 is 17.4 Å². The van der Waals surface area contributed by atoms with E-state index in [1.54, 1.807) is 6.20 Å². The number of ether oxygens (including phenoxy) is 1. The third-order valence-corrected chi connectivity index (χ3v) is 5.74. The van der Waals surface area contributed by atoms with Gasteiger partial charge in [-0.3, -0.25) is 9.69 Å². The molecular weight excluding hydrogens is 366 g/mol. The van der Waals surface area contributed by atoms with E-state index >= 15 is 0 Å². The zero-order valence-electron chi connectivity index (χ0n) is 17.2. The van der Waals surface area contributed by atoms with E-state index in [0.29, 0.717) is 17.9 Å². The van der Waals surface area contributed by atoms with Crippen LogP contribution in [0.5, 0.6) is 0 Å². The highest BCUT2D eigenvalue weighted by Gasteiger charge is 2.28. The lowest BCUT2D eigenvalue weighted by molar-refractivity contribution is 0.0398. The van der Waals surface area contributed by atoms with Gasteiger partial charge in [-0.2, -0.15) is 0 Å². The van der Waals surface area contributed by atoms with Crippen molar-refractivity contribution in [2.45, 2.75) is 18.8 Å². The van der Waals surface area contributed by atoms with Crippen molar-refractivity contribution in [3.05, 3.63) is 47.3 Å². The van der Waals surface area contributed by atoms with Gasteiger partial charge in [0, 0.05) is 58.6 Å². The molecule has 1 aromatic heterocycles. The van der Waals surface area contributed by atoms with Gasteiger partial charge in [0.1, 0.15) is 0 Å². The maximum atomic E-state index is 12.6. The molecule has 1 N–H and O–H groups in total. The molecule has 1 aliphatic carbocycles. The number of aromatic nitrogens is 2. The van der Waals surface area contributed by atoms with E-state index in [1.807, 2.05) is 14.1 Å². The SMILES string of the molecule is CN(C)c1ccc([C@H]2CC(=O)c3cnc(NCCN4CCOCC4)nc3C2)cc1. The number of Topliss-reactive ketones (excluding diaryl/α,β-unsaturated/α-hetero) is 1. The number of hydrogen-bond donors (Lipinski definition) is 1. The van der Waals surface area contributed by atoms with Gasteiger partial charge in [-0.25, -0.2) is 9.97 Å². The lowest BCUT2D eigenvalue weighted by atomic mass is 9.82. The van der Waals surface area contributed by atoms with Gasteiger partial charge in [0.05, 0.1) is 24.5 Å². The molecule has 1 aromatic carbocycles. The summed E-state index contributed by atoms with van der Waals surface area (Å²) in [6, 6.07) is 8.46. The quantitative estimate of drug-likeness (QED) is 0.804. The van der Waals surface area contributed by atoms with Gasteiger partial charge in [0.25, 0.3) is 0 Å². The number of rotatable bonds is 6. The number of nitrogens with zero attached hydrogens (tertiary/aromatic N) is 4. The number of morpholine rings is 1. The summed E-state index contributed by atoms with van der Waals surface area (Å²) in [6.45, 7) is 5.25. The number of hydrogen-bond acceptors (Lipinski definition) is 7. The highest BCUT2D eigenvalue weighted by atomic mass is 16.5. The summed E-state index contributed by atoms with van der Waals surface area (Å²) < 4.78 is 5.38. The van der Waals surface area contributed by atoms with Gasteiger partial charge in [0.15, 0.2) is 5.78 Å². The zero-order valence-corrected chi connectivity index (χ0v) is 17.2. The average Bonchev–Trinajstić information content (AvgIpc) is 2.74. The van der Waals surface area contributed by atoms with Crippen molar-refractivity contribution in [1.82, 2.24) is 14.9 Å². The van der Waals surface area contributed by atoms with Crippen LogP contribution in [-0.4, -0.2) is 74.1 Å². The second-order valence-electron chi connectivity index (χ2n) is 7.95. The molecule has 0 amide bonds. The maximum Gasteiger partial charge on any atom is 0.222 e. The van der Waals surface area contributed by atoms with Crippen LogP contribution in [0, 0.1) is 0 Å². The summed E-state index contributed by atoms with van der Waals surface area (Å²) in [6.07, 6.45) is 2.97. The van der Waals surface area contributed by atoms with Crippen molar-refractivity contribution in [2.24, 2.45) is 0 Å². The third kappa shape index (κ3) is 4.74. The van der Waals surface area contributed by atoms with Crippen LogP contribution >= 0.6 is 0 Å². The van der Waals surface area contributed by atoms with E-state index in [9.17, 15) is 4.79 Å². The predicted octanol–water partition coefficient (Wildman–Crippen LogP) is 2.20. The number of benzene rings is 1. The molecule has 7 nitrogen and oxygen atoms in total. The Balaban J connectivity index is 1.41. The fourth-order valence-electron chi connectivity index (χ4n) is 3.96. The van der Waals surface area contributed by atoms with Gasteiger partial charge in [-0.05, 0) is 30.0 Å². The number of fused-ring (bicyclic) bond motifs is 1. The minimum absolute atomic E-state index is 0.132. The Kier molecular flexibility index (Phi) is 6.06. The van der Waals surface area contributed by atoms with Crippen LogP contribution in [0.4, 0.5) is 11.6 Å². The highest BCUT2D eigenvalue weighted by molar-refractivity contribution is 5.98. The Hall–Kier alpha value is -2.51. The molecule has 4 rings (SSSR count). The Bertz CT molecular complexity index is 847. The van der Waals surface area contributed by atoms with Crippen molar-refractivity contribution in [2.75, 3.05) is 63.7 Å². The third-order valence-electron chi connectivity index (χ3n) is 5.74. The van der Waals surface area contributed by atoms with Crippen LogP contribution in [0.25, 0.3) is 0 Å². The number of carbonyl (C=O) groups excluding carboxylic acids is 1. The minimum atomic E-state index is 0.132. The van der Waals surface area contributed by atoms with Gasteiger partial charge < -0.3 is 15.0 Å². The van der Waals surface area contributed by atoms with Crippen molar-refractivity contribution in [3.63, 3.8) is 0 Å². The highest BCUT2D eigenvalue weighted by Crippen LogP contribution is 2.32. The Labute approximate surface area is 172 Å². The van der Waals surface area contributed by atoms with E-state index in [2.05, 4.69) is 49.4 Å². The van der Waals surface area contributed by atoms with Gasteiger partial charge >= 0.3 is 0 Å². The Morgan fingerprint density at radius 3 is 2.66 bits per heavy atom. The summed E-state index contributed by atoms with van der Waals surface area (Å²) in [7, 11) is 4.06. The first-order valence-corrected chi connectivity index (χ1v) is 10.3. The molecule has 0 radical (unpaired) electrons. The summed E-state index contributed by atoms with van der Waals surface area (Å²) in [5.74, 6) is 0.906. The van der Waals surface area contributed by atoms with Crippen LogP contribution in [0.15, 0.2) is 30.5 Å². The Morgan fingerprint density at radius 2 is 1.93 bits per heavy atom. The molecule has 0 saturated carbocycles. The smallest absolute Gasteiger partial charge is 0.222 e. The zero-order chi connectivity index (χ0) is 20.2. The van der Waals surface area contributed by atoms with Crippen LogP contribution < -0.4 is 10.2 Å². The lowest BCUT2D eigenvalue weighted by Crippen LogP contribution is -2.39.